The summed E-state index contributed by atoms with van der Waals surface area (Å²) < 4.78 is 15.6. The van der Waals surface area contributed by atoms with E-state index in [4.69, 9.17) is 5.11 Å². The molecule has 1 atom stereocenters. The summed E-state index contributed by atoms with van der Waals surface area (Å²) in [7, 11) is 0. The largest absolute Gasteiger partial charge is 0.476 e. The van der Waals surface area contributed by atoms with Crippen molar-refractivity contribution in [2.24, 2.45) is 0 Å². The fraction of sp³-hybridized carbons (Fsp3) is 0.333. The molecule has 1 fully saturated rings. The smallest absolute Gasteiger partial charge is 0.356 e. The van der Waals surface area contributed by atoms with E-state index in [0.29, 0.717) is 11.9 Å². The van der Waals surface area contributed by atoms with Gasteiger partial charge in [0.05, 0.1) is 6.04 Å². The highest BCUT2D eigenvalue weighted by Gasteiger charge is 2.23. The van der Waals surface area contributed by atoms with Crippen LogP contribution in [0.4, 0.5) is 4.39 Å². The van der Waals surface area contributed by atoms with Gasteiger partial charge in [0.25, 0.3) is 0 Å². The number of hydrogen-bond donors (Lipinski definition) is 2. The summed E-state index contributed by atoms with van der Waals surface area (Å²) in [6.45, 7) is 2.46. The first kappa shape index (κ1) is 15.8. The third-order valence-electron chi connectivity index (χ3n) is 4.74. The molecule has 1 aliphatic rings. The van der Waals surface area contributed by atoms with Crippen LogP contribution in [0.2, 0.25) is 0 Å². The van der Waals surface area contributed by atoms with Gasteiger partial charge in [-0.15, -0.1) is 0 Å². The molecule has 0 bridgehead atoms. The van der Waals surface area contributed by atoms with Gasteiger partial charge in [-0.25, -0.2) is 9.18 Å². The van der Waals surface area contributed by atoms with Crippen LogP contribution in [0.15, 0.2) is 36.5 Å². The number of nitrogens with zero attached hydrogens (tertiary/aromatic N) is 3. The second kappa shape index (κ2) is 6.33. The van der Waals surface area contributed by atoms with Crippen molar-refractivity contribution in [3.8, 4) is 0 Å². The van der Waals surface area contributed by atoms with E-state index in [9.17, 15) is 9.18 Å². The minimum absolute atomic E-state index is 0.0724. The quantitative estimate of drug-likeness (QED) is 0.764. The number of aromatic carboxylic acids is 1. The van der Waals surface area contributed by atoms with Crippen molar-refractivity contribution in [2.75, 3.05) is 13.1 Å². The Labute approximate surface area is 143 Å². The van der Waals surface area contributed by atoms with Crippen LogP contribution in [-0.2, 0) is 6.54 Å². The van der Waals surface area contributed by atoms with Crippen LogP contribution in [0.1, 0.15) is 35.1 Å². The van der Waals surface area contributed by atoms with Gasteiger partial charge in [-0.2, -0.15) is 5.10 Å². The SMILES string of the molecule is O=C(O)c1ccn(C2CCCN(Cc3cc4c(F)cccc4[nH]3)C2)n1. The van der Waals surface area contributed by atoms with E-state index in [-0.39, 0.29) is 17.6 Å². The Hall–Kier alpha value is -2.67. The molecular formula is C18H19FN4O2. The van der Waals surface area contributed by atoms with Crippen LogP contribution in [-0.4, -0.2) is 43.8 Å². The second-order valence-corrected chi connectivity index (χ2v) is 6.51. The number of hydrogen-bond acceptors (Lipinski definition) is 3. The first-order valence-electron chi connectivity index (χ1n) is 8.37. The van der Waals surface area contributed by atoms with Crippen LogP contribution >= 0.6 is 0 Å². The molecule has 3 heterocycles. The molecule has 2 N–H and O–H groups in total. The molecule has 1 aromatic carbocycles. The number of aromatic nitrogens is 3. The van der Waals surface area contributed by atoms with Crippen LogP contribution in [0, 0.1) is 5.82 Å². The molecule has 3 aromatic rings. The third-order valence-corrected chi connectivity index (χ3v) is 4.74. The first-order chi connectivity index (χ1) is 12.1. The highest BCUT2D eigenvalue weighted by Crippen LogP contribution is 2.24. The normalized spacial score (nSPS) is 18.7. The van der Waals surface area contributed by atoms with Gasteiger partial charge < -0.3 is 10.1 Å². The molecule has 25 heavy (non-hydrogen) atoms. The molecule has 0 amide bonds. The standard InChI is InChI=1S/C18H19FN4O2/c19-15-4-1-5-16-14(15)9-12(20-16)10-22-7-2-3-13(11-22)23-8-6-17(21-23)18(24)25/h1,4-6,8-9,13,20H,2-3,7,10-11H2,(H,24,25). The lowest BCUT2D eigenvalue weighted by molar-refractivity contribution is 0.0688. The lowest BCUT2D eigenvalue weighted by Gasteiger charge is -2.32. The van der Waals surface area contributed by atoms with Gasteiger partial charge in [-0.05, 0) is 43.7 Å². The van der Waals surface area contributed by atoms with Crippen molar-refractivity contribution in [3.63, 3.8) is 0 Å². The number of likely N-dealkylation sites (tertiary alicyclic amines) is 1. The topological polar surface area (TPSA) is 74.2 Å². The third kappa shape index (κ3) is 3.15. The maximum Gasteiger partial charge on any atom is 0.356 e. The lowest BCUT2D eigenvalue weighted by Crippen LogP contribution is -2.36. The number of benzene rings is 1. The Kier molecular flexibility index (Phi) is 4.01. The van der Waals surface area contributed by atoms with E-state index in [1.54, 1.807) is 16.9 Å². The molecule has 7 heteroatoms. The fourth-order valence-corrected chi connectivity index (χ4v) is 3.55. The number of carboxylic acids is 1. The van der Waals surface area contributed by atoms with Crippen LogP contribution in [0.5, 0.6) is 0 Å². The van der Waals surface area contributed by atoms with Gasteiger partial charge in [-0.1, -0.05) is 6.07 Å². The molecule has 0 saturated carbocycles. The molecule has 2 aromatic heterocycles. The Balaban J connectivity index is 1.48. The van der Waals surface area contributed by atoms with E-state index >= 15 is 0 Å². The second-order valence-electron chi connectivity index (χ2n) is 6.51. The number of rotatable bonds is 4. The minimum atomic E-state index is -1.01. The van der Waals surface area contributed by atoms with Crippen molar-refractivity contribution >= 4 is 16.9 Å². The molecular weight excluding hydrogens is 323 g/mol. The van der Waals surface area contributed by atoms with Gasteiger partial charge in [0.2, 0.25) is 0 Å². The van der Waals surface area contributed by atoms with Crippen molar-refractivity contribution < 1.29 is 14.3 Å². The highest BCUT2D eigenvalue weighted by atomic mass is 19.1. The van der Waals surface area contributed by atoms with Crippen molar-refractivity contribution in [3.05, 3.63) is 53.7 Å². The molecule has 1 aliphatic heterocycles. The van der Waals surface area contributed by atoms with Gasteiger partial charge in [-0.3, -0.25) is 9.58 Å². The highest BCUT2D eigenvalue weighted by molar-refractivity contribution is 5.85. The predicted octanol–water partition coefficient (Wildman–Crippen LogP) is 3.04. The van der Waals surface area contributed by atoms with E-state index in [1.165, 1.54) is 12.1 Å². The van der Waals surface area contributed by atoms with Crippen molar-refractivity contribution in [2.45, 2.75) is 25.4 Å². The summed E-state index contributed by atoms with van der Waals surface area (Å²) in [6.07, 6.45) is 3.72. The van der Waals surface area contributed by atoms with Crippen molar-refractivity contribution in [1.82, 2.24) is 19.7 Å². The molecule has 0 spiro atoms. The number of carboxylic acid groups (broad SMARTS) is 1. The average Bonchev–Trinajstić information content (AvgIpc) is 3.22. The summed E-state index contributed by atoms with van der Waals surface area (Å²) in [5, 5.41) is 13.8. The van der Waals surface area contributed by atoms with E-state index in [2.05, 4.69) is 15.0 Å². The summed E-state index contributed by atoms with van der Waals surface area (Å²) in [5.41, 5.74) is 1.86. The van der Waals surface area contributed by atoms with Gasteiger partial charge in [0.1, 0.15) is 5.82 Å². The lowest BCUT2D eigenvalue weighted by atomic mass is 10.1. The van der Waals surface area contributed by atoms with Gasteiger partial charge >= 0.3 is 5.97 Å². The zero-order chi connectivity index (χ0) is 17.4. The number of fused-ring (bicyclic) bond motifs is 1. The number of halogens is 1. The van der Waals surface area contributed by atoms with Crippen LogP contribution in [0.25, 0.3) is 10.9 Å². The number of piperidine rings is 1. The Bertz CT molecular complexity index is 917. The Morgan fingerprint density at radius 2 is 2.28 bits per heavy atom. The average molecular weight is 342 g/mol. The summed E-state index contributed by atoms with van der Waals surface area (Å²) in [4.78, 5) is 16.6. The molecule has 1 saturated heterocycles. The van der Waals surface area contributed by atoms with Crippen LogP contribution < -0.4 is 0 Å². The molecule has 4 rings (SSSR count). The summed E-state index contributed by atoms with van der Waals surface area (Å²) >= 11 is 0. The van der Waals surface area contributed by atoms with Crippen LogP contribution in [0.3, 0.4) is 0 Å². The minimum Gasteiger partial charge on any atom is -0.476 e. The number of aromatic amines is 1. The monoisotopic (exact) mass is 342 g/mol. The summed E-state index contributed by atoms with van der Waals surface area (Å²) in [6, 6.07) is 8.59. The van der Waals surface area contributed by atoms with E-state index < -0.39 is 5.97 Å². The Morgan fingerprint density at radius 3 is 3.04 bits per heavy atom. The zero-order valence-electron chi connectivity index (χ0n) is 13.7. The van der Waals surface area contributed by atoms with E-state index in [1.807, 2.05) is 12.1 Å². The van der Waals surface area contributed by atoms with Gasteiger partial charge in [0.15, 0.2) is 5.69 Å². The number of nitrogens with one attached hydrogen (secondary N) is 1. The van der Waals surface area contributed by atoms with Gasteiger partial charge in [0, 0.05) is 35.9 Å². The number of H-pyrrole nitrogens is 1. The molecule has 130 valence electrons. The number of carbonyl (C=O) groups is 1. The Morgan fingerprint density at radius 1 is 1.40 bits per heavy atom. The maximum atomic E-state index is 13.8. The molecule has 6 nitrogen and oxygen atoms in total. The fourth-order valence-electron chi connectivity index (χ4n) is 3.55. The summed E-state index contributed by atoms with van der Waals surface area (Å²) in [5.74, 6) is -1.22. The van der Waals surface area contributed by atoms with Crippen molar-refractivity contribution in [1.29, 1.82) is 0 Å². The maximum absolute atomic E-state index is 13.8. The molecule has 1 unspecified atom stereocenters. The first-order valence-corrected chi connectivity index (χ1v) is 8.37. The zero-order valence-corrected chi connectivity index (χ0v) is 13.7. The molecule has 0 radical (unpaired) electrons. The predicted molar refractivity (Wildman–Crippen MR) is 91.0 cm³/mol. The van der Waals surface area contributed by atoms with E-state index in [0.717, 1.165) is 37.1 Å². The molecule has 0 aliphatic carbocycles.